The quantitative estimate of drug-likeness (QED) is 0.344. The topological polar surface area (TPSA) is 61.8 Å². The number of thiocarbonyl (C=S) groups is 1. The first-order valence-electron chi connectivity index (χ1n) is 8.34. The molecule has 1 fully saturated rings. The molecule has 8 heteroatoms. The van der Waals surface area contributed by atoms with Crippen molar-refractivity contribution in [2.45, 2.75) is 0 Å². The first-order valence-corrected chi connectivity index (χ1v) is 9.57. The van der Waals surface area contributed by atoms with Crippen molar-refractivity contribution in [2.75, 3.05) is 37.7 Å². The molecule has 2 N–H and O–H groups in total. The highest BCUT2D eigenvalue weighted by atomic mass is 32.1. The predicted molar refractivity (Wildman–Crippen MR) is 112 cm³/mol. The SMILES string of the molecule is C=CCNC(=S)NN=Cc1sc(N2CCOCC2)nc1-c1ccccc1. The lowest BCUT2D eigenvalue weighted by atomic mass is 10.1. The number of nitrogens with zero attached hydrogens (tertiary/aromatic N) is 3. The summed E-state index contributed by atoms with van der Waals surface area (Å²) in [7, 11) is 0. The number of anilines is 1. The third-order valence-corrected chi connectivity index (χ3v) is 5.01. The van der Waals surface area contributed by atoms with Gasteiger partial charge in [0.25, 0.3) is 0 Å². The zero-order valence-electron chi connectivity index (χ0n) is 14.4. The van der Waals surface area contributed by atoms with E-state index in [2.05, 4.69) is 39.5 Å². The predicted octanol–water partition coefficient (Wildman–Crippen LogP) is 2.63. The smallest absolute Gasteiger partial charge is 0.187 e. The van der Waals surface area contributed by atoms with Gasteiger partial charge in [-0.3, -0.25) is 5.43 Å². The third kappa shape index (κ3) is 4.87. The van der Waals surface area contributed by atoms with E-state index in [-0.39, 0.29) is 0 Å². The Kier molecular flexibility index (Phi) is 6.70. The minimum atomic E-state index is 0.459. The van der Waals surface area contributed by atoms with Crippen LogP contribution in [0.1, 0.15) is 4.88 Å². The van der Waals surface area contributed by atoms with Gasteiger partial charge < -0.3 is 15.0 Å². The van der Waals surface area contributed by atoms with Crippen molar-refractivity contribution in [1.82, 2.24) is 15.7 Å². The molecule has 2 aromatic rings. The molecule has 0 aliphatic carbocycles. The third-order valence-electron chi connectivity index (χ3n) is 3.73. The molecule has 1 aliphatic rings. The Morgan fingerprint density at radius 3 is 2.85 bits per heavy atom. The highest BCUT2D eigenvalue weighted by molar-refractivity contribution is 7.80. The summed E-state index contributed by atoms with van der Waals surface area (Å²) in [6, 6.07) is 10.1. The lowest BCUT2D eigenvalue weighted by Gasteiger charge is -2.26. The van der Waals surface area contributed by atoms with E-state index >= 15 is 0 Å². The Hall–Kier alpha value is -2.29. The molecule has 2 heterocycles. The lowest BCUT2D eigenvalue weighted by molar-refractivity contribution is 0.122. The summed E-state index contributed by atoms with van der Waals surface area (Å²) in [4.78, 5) is 8.09. The van der Waals surface area contributed by atoms with Crippen LogP contribution < -0.4 is 15.6 Å². The summed E-state index contributed by atoms with van der Waals surface area (Å²) in [5.74, 6) is 0. The maximum Gasteiger partial charge on any atom is 0.187 e. The second kappa shape index (κ2) is 9.42. The van der Waals surface area contributed by atoms with E-state index in [1.165, 1.54) is 0 Å². The van der Waals surface area contributed by atoms with Gasteiger partial charge in [-0.1, -0.05) is 47.7 Å². The Bertz CT molecular complexity index is 769. The number of ether oxygens (including phenoxy) is 1. The summed E-state index contributed by atoms with van der Waals surface area (Å²) in [5, 5.41) is 8.67. The zero-order chi connectivity index (χ0) is 18.2. The number of hydrogen-bond donors (Lipinski definition) is 2. The van der Waals surface area contributed by atoms with Crippen LogP contribution in [0, 0.1) is 0 Å². The number of rotatable bonds is 6. The van der Waals surface area contributed by atoms with Crippen LogP contribution in [0.15, 0.2) is 48.1 Å². The zero-order valence-corrected chi connectivity index (χ0v) is 16.0. The molecule has 1 aromatic carbocycles. The second-order valence-corrected chi connectivity index (χ2v) is 6.96. The van der Waals surface area contributed by atoms with Crippen molar-refractivity contribution >= 4 is 40.0 Å². The van der Waals surface area contributed by atoms with Gasteiger partial charge in [0.2, 0.25) is 0 Å². The lowest BCUT2D eigenvalue weighted by Crippen LogP contribution is -2.36. The monoisotopic (exact) mass is 387 g/mol. The van der Waals surface area contributed by atoms with Gasteiger partial charge >= 0.3 is 0 Å². The molecule has 0 bridgehead atoms. The first-order chi connectivity index (χ1) is 12.8. The van der Waals surface area contributed by atoms with E-state index in [4.69, 9.17) is 21.9 Å². The molecular weight excluding hydrogens is 366 g/mol. The van der Waals surface area contributed by atoms with Gasteiger partial charge in [0.1, 0.15) is 0 Å². The Labute approximate surface area is 162 Å². The highest BCUT2D eigenvalue weighted by Crippen LogP contribution is 2.32. The van der Waals surface area contributed by atoms with Crippen molar-refractivity contribution in [3.63, 3.8) is 0 Å². The summed E-state index contributed by atoms with van der Waals surface area (Å²) in [6.45, 7) is 7.41. The Morgan fingerprint density at radius 2 is 2.12 bits per heavy atom. The number of thiazole rings is 1. The van der Waals surface area contributed by atoms with Crippen LogP contribution in [0.3, 0.4) is 0 Å². The van der Waals surface area contributed by atoms with Gasteiger partial charge in [0.05, 0.1) is 30.0 Å². The van der Waals surface area contributed by atoms with E-state index in [1.54, 1.807) is 23.6 Å². The van der Waals surface area contributed by atoms with Crippen LogP contribution >= 0.6 is 23.6 Å². The Balaban J connectivity index is 1.81. The van der Waals surface area contributed by atoms with E-state index < -0.39 is 0 Å². The molecule has 1 aromatic heterocycles. The number of morpholine rings is 1. The number of aromatic nitrogens is 1. The second-order valence-electron chi connectivity index (χ2n) is 5.54. The number of hydrogen-bond acceptors (Lipinski definition) is 6. The first kappa shape index (κ1) is 18.5. The van der Waals surface area contributed by atoms with E-state index in [1.807, 2.05) is 18.2 Å². The molecule has 1 saturated heterocycles. The van der Waals surface area contributed by atoms with Crippen LogP contribution in [0.4, 0.5) is 5.13 Å². The fraction of sp³-hybridized carbons (Fsp3) is 0.278. The van der Waals surface area contributed by atoms with Gasteiger partial charge in [-0.15, -0.1) is 6.58 Å². The van der Waals surface area contributed by atoms with Gasteiger partial charge in [0.15, 0.2) is 10.2 Å². The van der Waals surface area contributed by atoms with Crippen LogP contribution in [-0.4, -0.2) is 49.2 Å². The molecule has 0 atom stereocenters. The van der Waals surface area contributed by atoms with Gasteiger partial charge in [-0.2, -0.15) is 5.10 Å². The van der Waals surface area contributed by atoms with Crippen molar-refractivity contribution in [1.29, 1.82) is 0 Å². The molecule has 1 aliphatic heterocycles. The minimum absolute atomic E-state index is 0.459. The van der Waals surface area contributed by atoms with Crippen molar-refractivity contribution in [2.24, 2.45) is 5.10 Å². The summed E-state index contributed by atoms with van der Waals surface area (Å²) >= 11 is 6.77. The maximum absolute atomic E-state index is 5.44. The van der Waals surface area contributed by atoms with Crippen molar-refractivity contribution in [3.05, 3.63) is 47.9 Å². The van der Waals surface area contributed by atoms with E-state index in [9.17, 15) is 0 Å². The molecule has 0 spiro atoms. The summed E-state index contributed by atoms with van der Waals surface area (Å²) in [6.07, 6.45) is 3.51. The van der Waals surface area contributed by atoms with Crippen molar-refractivity contribution < 1.29 is 4.74 Å². The fourth-order valence-electron chi connectivity index (χ4n) is 2.45. The van der Waals surface area contributed by atoms with E-state index in [0.29, 0.717) is 11.7 Å². The van der Waals surface area contributed by atoms with Gasteiger partial charge in [-0.25, -0.2) is 4.98 Å². The van der Waals surface area contributed by atoms with Crippen LogP contribution in [0.25, 0.3) is 11.3 Å². The highest BCUT2D eigenvalue weighted by Gasteiger charge is 2.18. The van der Waals surface area contributed by atoms with Gasteiger partial charge in [-0.05, 0) is 12.2 Å². The number of nitrogens with one attached hydrogen (secondary N) is 2. The van der Waals surface area contributed by atoms with E-state index in [0.717, 1.165) is 47.6 Å². The average Bonchev–Trinajstić information content (AvgIpc) is 3.12. The normalized spacial score (nSPS) is 14.4. The standard InChI is InChI=1S/C18H21N5OS2/c1-2-8-19-17(25)22-20-13-15-16(14-6-4-3-5-7-14)21-18(26-15)23-9-11-24-12-10-23/h2-7,13H,1,8-12H2,(H2,19,22,25). The molecule has 0 radical (unpaired) electrons. The van der Waals surface area contributed by atoms with Crippen LogP contribution in [0.5, 0.6) is 0 Å². The summed E-state index contributed by atoms with van der Waals surface area (Å²) < 4.78 is 5.44. The molecular formula is C18H21N5OS2. The maximum atomic E-state index is 5.44. The molecule has 26 heavy (non-hydrogen) atoms. The number of hydrazone groups is 1. The molecule has 0 saturated carbocycles. The van der Waals surface area contributed by atoms with Gasteiger partial charge in [0, 0.05) is 25.2 Å². The molecule has 136 valence electrons. The largest absolute Gasteiger partial charge is 0.378 e. The molecule has 0 unspecified atom stereocenters. The van der Waals surface area contributed by atoms with Crippen molar-refractivity contribution in [3.8, 4) is 11.3 Å². The Morgan fingerprint density at radius 1 is 1.35 bits per heavy atom. The average molecular weight is 388 g/mol. The molecule has 6 nitrogen and oxygen atoms in total. The fourth-order valence-corrected chi connectivity index (χ4v) is 3.60. The molecule has 3 rings (SSSR count). The van der Waals surface area contributed by atoms with Crippen LogP contribution in [0.2, 0.25) is 0 Å². The minimum Gasteiger partial charge on any atom is -0.378 e. The molecule has 0 amide bonds. The summed E-state index contributed by atoms with van der Waals surface area (Å²) in [5.41, 5.74) is 4.81. The number of benzene rings is 1. The van der Waals surface area contributed by atoms with Crippen LogP contribution in [-0.2, 0) is 4.74 Å².